The van der Waals surface area contributed by atoms with Crippen LogP contribution in [0.3, 0.4) is 0 Å². The minimum Gasteiger partial charge on any atom is -0.356 e. The molecule has 0 heterocycles. The van der Waals surface area contributed by atoms with Crippen LogP contribution < -0.4 is 5.32 Å². The fourth-order valence-electron chi connectivity index (χ4n) is 5.76. The van der Waals surface area contributed by atoms with Crippen LogP contribution in [0.15, 0.2) is 0 Å². The summed E-state index contributed by atoms with van der Waals surface area (Å²) in [5.74, 6) is 2.03. The Morgan fingerprint density at radius 3 is 2.50 bits per heavy atom. The first kappa shape index (κ1) is 14.9. The smallest absolute Gasteiger partial charge is 0.226 e. The summed E-state index contributed by atoms with van der Waals surface area (Å²) in [4.78, 5) is 13.3. The van der Waals surface area contributed by atoms with Crippen molar-refractivity contribution in [3.8, 4) is 0 Å². The molecule has 0 aromatic rings. The van der Waals surface area contributed by atoms with Crippen LogP contribution in [0, 0.1) is 22.7 Å². The van der Waals surface area contributed by atoms with Crippen molar-refractivity contribution in [1.29, 1.82) is 0 Å². The van der Waals surface area contributed by atoms with E-state index in [1.807, 2.05) is 0 Å². The molecule has 0 aromatic heterocycles. The van der Waals surface area contributed by atoms with Crippen molar-refractivity contribution in [2.45, 2.75) is 70.0 Å². The highest BCUT2D eigenvalue weighted by molar-refractivity contribution is 9.09. The average molecular weight is 342 g/mol. The molecule has 4 bridgehead atoms. The molecule has 3 unspecified atom stereocenters. The molecular weight excluding hydrogens is 314 g/mol. The lowest BCUT2D eigenvalue weighted by Crippen LogP contribution is -2.56. The molecule has 4 aliphatic carbocycles. The van der Waals surface area contributed by atoms with E-state index >= 15 is 0 Å². The summed E-state index contributed by atoms with van der Waals surface area (Å²) in [6, 6.07) is 0. The number of hydrogen-bond donors (Lipinski definition) is 1. The minimum atomic E-state index is -0.00114. The summed E-state index contributed by atoms with van der Waals surface area (Å²) >= 11 is 3.57. The average Bonchev–Trinajstić information content (AvgIpc) is 2.31. The summed E-state index contributed by atoms with van der Waals surface area (Å²) in [5.41, 5.74) is 0.463. The summed E-state index contributed by atoms with van der Waals surface area (Å²) in [5, 5.41) is 3.25. The molecule has 0 aliphatic heterocycles. The van der Waals surface area contributed by atoms with Crippen LogP contribution in [0.2, 0.25) is 0 Å². The number of carbonyl (C=O) groups excluding carboxylic acids is 1. The van der Waals surface area contributed by atoms with Crippen molar-refractivity contribution in [3.63, 3.8) is 0 Å². The van der Waals surface area contributed by atoms with Gasteiger partial charge < -0.3 is 5.32 Å². The van der Waals surface area contributed by atoms with Crippen molar-refractivity contribution in [2.24, 2.45) is 22.7 Å². The molecule has 0 spiro atoms. The second-order valence-electron chi connectivity index (χ2n) is 8.23. The van der Waals surface area contributed by atoms with E-state index < -0.39 is 0 Å². The van der Waals surface area contributed by atoms with Gasteiger partial charge in [0.15, 0.2) is 0 Å². The van der Waals surface area contributed by atoms with Gasteiger partial charge in [0.1, 0.15) is 0 Å². The monoisotopic (exact) mass is 341 g/mol. The summed E-state index contributed by atoms with van der Waals surface area (Å²) in [6.07, 6.45) is 9.84. The van der Waals surface area contributed by atoms with Crippen molar-refractivity contribution >= 4 is 21.8 Å². The highest BCUT2D eigenvalue weighted by atomic mass is 79.9. The second-order valence-corrected chi connectivity index (χ2v) is 9.79. The maximum atomic E-state index is 12.8. The predicted octanol–water partition coefficient (Wildman–Crippen LogP) is 4.27. The summed E-state index contributed by atoms with van der Waals surface area (Å²) < 4.78 is 0. The molecule has 3 heteroatoms. The number of nitrogens with one attached hydrogen (secondary N) is 1. The first-order chi connectivity index (χ1) is 9.41. The van der Waals surface area contributed by atoms with Gasteiger partial charge in [-0.1, -0.05) is 29.8 Å². The molecule has 1 amide bonds. The molecule has 3 atom stereocenters. The highest BCUT2D eigenvalue weighted by Crippen LogP contribution is 2.65. The third-order valence-corrected chi connectivity index (χ3v) is 6.36. The van der Waals surface area contributed by atoms with E-state index in [2.05, 4.69) is 35.1 Å². The van der Waals surface area contributed by atoms with Crippen LogP contribution in [-0.2, 0) is 4.79 Å². The maximum absolute atomic E-state index is 12.8. The van der Waals surface area contributed by atoms with Crippen molar-refractivity contribution in [2.75, 3.05) is 6.54 Å². The van der Waals surface area contributed by atoms with E-state index in [4.69, 9.17) is 0 Å². The Morgan fingerprint density at radius 1 is 1.30 bits per heavy atom. The summed E-state index contributed by atoms with van der Waals surface area (Å²) in [7, 11) is 0. The Bertz CT molecular complexity index is 378. The van der Waals surface area contributed by atoms with Crippen LogP contribution >= 0.6 is 15.9 Å². The van der Waals surface area contributed by atoms with Gasteiger partial charge in [0.25, 0.3) is 0 Å². The molecule has 1 N–H and O–H groups in total. The van der Waals surface area contributed by atoms with Crippen LogP contribution in [-0.4, -0.2) is 17.3 Å². The molecule has 20 heavy (non-hydrogen) atoms. The van der Waals surface area contributed by atoms with Crippen LogP contribution in [0.1, 0.15) is 65.2 Å². The standard InChI is InChI=1S/C17H28BrNO/c1-12(18)4-3-5-19-15(20)17-9-13-6-14(10-17)8-16(2,7-13)11-17/h12-14H,3-11H2,1-2H3,(H,19,20). The highest BCUT2D eigenvalue weighted by Gasteiger charge is 2.58. The van der Waals surface area contributed by atoms with Gasteiger partial charge in [0.2, 0.25) is 5.91 Å². The van der Waals surface area contributed by atoms with E-state index in [0.717, 1.165) is 37.6 Å². The van der Waals surface area contributed by atoms with Gasteiger partial charge in [0, 0.05) is 11.4 Å². The number of hydrogen-bond acceptors (Lipinski definition) is 1. The molecule has 4 fully saturated rings. The molecule has 4 rings (SSSR count). The molecule has 114 valence electrons. The SMILES string of the molecule is CC(Br)CCCNC(=O)C12CC3CC(CC(C)(C3)C1)C2. The van der Waals surface area contributed by atoms with E-state index in [0.29, 0.717) is 16.1 Å². The molecule has 0 saturated heterocycles. The van der Waals surface area contributed by atoms with Gasteiger partial charge in [-0.3, -0.25) is 4.79 Å². The van der Waals surface area contributed by atoms with Crippen LogP contribution in [0.5, 0.6) is 0 Å². The van der Waals surface area contributed by atoms with Crippen LogP contribution in [0.25, 0.3) is 0 Å². The third kappa shape index (κ3) is 2.80. The first-order valence-corrected chi connectivity index (χ1v) is 9.25. The normalized spacial score (nSPS) is 43.5. The third-order valence-electron chi connectivity index (χ3n) is 5.90. The van der Waals surface area contributed by atoms with Gasteiger partial charge >= 0.3 is 0 Å². The van der Waals surface area contributed by atoms with Crippen molar-refractivity contribution in [3.05, 3.63) is 0 Å². The zero-order chi connectivity index (χ0) is 14.4. The maximum Gasteiger partial charge on any atom is 0.226 e. The zero-order valence-corrected chi connectivity index (χ0v) is 14.5. The van der Waals surface area contributed by atoms with E-state index in [9.17, 15) is 4.79 Å². The Labute approximate surface area is 131 Å². The van der Waals surface area contributed by atoms with E-state index in [1.165, 1.54) is 32.1 Å². The molecular formula is C17H28BrNO. The minimum absolute atomic E-state index is 0.00114. The largest absolute Gasteiger partial charge is 0.356 e. The fraction of sp³-hybridized carbons (Fsp3) is 0.941. The molecule has 0 aromatic carbocycles. The molecule has 0 radical (unpaired) electrons. The Hall–Kier alpha value is -0.0500. The van der Waals surface area contributed by atoms with Crippen molar-refractivity contribution in [1.82, 2.24) is 5.32 Å². The summed E-state index contributed by atoms with van der Waals surface area (Å²) in [6.45, 7) is 5.45. The van der Waals surface area contributed by atoms with Gasteiger partial charge in [0.05, 0.1) is 5.41 Å². The molecule has 4 saturated carbocycles. The quantitative estimate of drug-likeness (QED) is 0.587. The predicted molar refractivity (Wildman–Crippen MR) is 85.9 cm³/mol. The number of alkyl halides is 1. The second kappa shape index (κ2) is 5.30. The van der Waals surface area contributed by atoms with Gasteiger partial charge in [-0.05, 0) is 68.6 Å². The lowest BCUT2D eigenvalue weighted by atomic mass is 9.44. The van der Waals surface area contributed by atoms with Gasteiger partial charge in [-0.2, -0.15) is 0 Å². The van der Waals surface area contributed by atoms with Gasteiger partial charge in [-0.15, -0.1) is 0 Å². The van der Waals surface area contributed by atoms with Crippen LogP contribution in [0.4, 0.5) is 0 Å². The van der Waals surface area contributed by atoms with E-state index in [1.54, 1.807) is 0 Å². The number of rotatable bonds is 5. The number of carbonyl (C=O) groups is 1. The topological polar surface area (TPSA) is 29.1 Å². The lowest BCUT2D eigenvalue weighted by molar-refractivity contribution is -0.155. The van der Waals surface area contributed by atoms with Crippen molar-refractivity contribution < 1.29 is 4.79 Å². The Kier molecular flexibility index (Phi) is 3.94. The number of amides is 1. The molecule has 2 nitrogen and oxygen atoms in total. The fourth-order valence-corrected chi connectivity index (χ4v) is 6.08. The zero-order valence-electron chi connectivity index (χ0n) is 12.9. The number of halogens is 1. The lowest BCUT2D eigenvalue weighted by Gasteiger charge is -2.60. The molecule has 4 aliphatic rings. The first-order valence-electron chi connectivity index (χ1n) is 8.33. The Balaban J connectivity index is 1.60. The Morgan fingerprint density at radius 2 is 1.95 bits per heavy atom. The van der Waals surface area contributed by atoms with Gasteiger partial charge in [-0.25, -0.2) is 0 Å². The van der Waals surface area contributed by atoms with E-state index in [-0.39, 0.29) is 5.41 Å².